The van der Waals surface area contributed by atoms with Crippen LogP contribution in [0.1, 0.15) is 37.5 Å². The van der Waals surface area contributed by atoms with Gasteiger partial charge in [0.1, 0.15) is 0 Å². The summed E-state index contributed by atoms with van der Waals surface area (Å²) in [4.78, 5) is 4.42. The van der Waals surface area contributed by atoms with Crippen molar-refractivity contribution >= 4 is 23.4 Å². The second-order valence-corrected chi connectivity index (χ2v) is 7.03. The Bertz CT molecular complexity index is 811. The molecule has 0 bridgehead atoms. The molecule has 0 unspecified atom stereocenters. The summed E-state index contributed by atoms with van der Waals surface area (Å²) in [6.45, 7) is 0. The van der Waals surface area contributed by atoms with Crippen LogP contribution in [0.25, 0.3) is 11.5 Å². The Labute approximate surface area is 147 Å². The Morgan fingerprint density at radius 2 is 2.00 bits per heavy atom. The molecule has 4 rings (SSSR count). The van der Waals surface area contributed by atoms with E-state index >= 15 is 0 Å². The Morgan fingerprint density at radius 3 is 2.79 bits per heavy atom. The van der Waals surface area contributed by atoms with Crippen molar-refractivity contribution in [1.82, 2.24) is 30.3 Å². The molecule has 2 heterocycles. The topological polar surface area (TPSA) is 82.5 Å². The van der Waals surface area contributed by atoms with Gasteiger partial charge < -0.3 is 4.52 Å². The monoisotopic (exact) mass is 362 g/mol. The zero-order valence-electron chi connectivity index (χ0n) is 12.8. The second kappa shape index (κ2) is 6.90. The molecule has 0 aliphatic heterocycles. The number of halogens is 1. The summed E-state index contributed by atoms with van der Waals surface area (Å²) in [7, 11) is 0. The molecule has 0 spiro atoms. The van der Waals surface area contributed by atoms with Crippen molar-refractivity contribution in [2.24, 2.45) is 0 Å². The highest BCUT2D eigenvalue weighted by Gasteiger charge is 2.22. The summed E-state index contributed by atoms with van der Waals surface area (Å²) in [6.07, 6.45) is 4.76. The molecule has 9 heteroatoms. The average Bonchev–Trinajstić information content (AvgIpc) is 3.34. The highest BCUT2D eigenvalue weighted by molar-refractivity contribution is 7.98. The molecule has 1 saturated carbocycles. The zero-order valence-corrected chi connectivity index (χ0v) is 14.4. The van der Waals surface area contributed by atoms with E-state index in [1.54, 1.807) is 12.1 Å². The van der Waals surface area contributed by atoms with Crippen LogP contribution in [0.5, 0.6) is 0 Å². The molecule has 0 N–H and O–H groups in total. The summed E-state index contributed by atoms with van der Waals surface area (Å²) >= 11 is 7.41. The van der Waals surface area contributed by atoms with Gasteiger partial charge in [-0.2, -0.15) is 4.98 Å². The quantitative estimate of drug-likeness (QED) is 0.638. The number of hydrogen-bond donors (Lipinski definition) is 0. The maximum atomic E-state index is 5.89. The van der Waals surface area contributed by atoms with E-state index in [1.807, 2.05) is 16.8 Å². The minimum Gasteiger partial charge on any atom is -0.334 e. The fourth-order valence-electron chi connectivity index (χ4n) is 2.81. The van der Waals surface area contributed by atoms with Gasteiger partial charge in [-0.1, -0.05) is 41.4 Å². The number of aromatic nitrogens is 6. The summed E-state index contributed by atoms with van der Waals surface area (Å²) in [5.41, 5.74) is 0.846. The van der Waals surface area contributed by atoms with E-state index in [9.17, 15) is 0 Å². The fourth-order valence-corrected chi connectivity index (χ4v) is 3.72. The second-order valence-electron chi connectivity index (χ2n) is 5.66. The first-order valence-electron chi connectivity index (χ1n) is 7.79. The molecule has 2 aromatic heterocycles. The normalized spacial score (nSPS) is 15.2. The largest absolute Gasteiger partial charge is 0.334 e. The molecule has 124 valence electrons. The SMILES string of the molecule is Clc1ccc(-c2nc(CSc3nnnn3C3CCCC3)no2)cc1. The van der Waals surface area contributed by atoms with Gasteiger partial charge in [-0.3, -0.25) is 0 Å². The Hall–Kier alpha value is -1.93. The number of nitrogens with zero attached hydrogens (tertiary/aromatic N) is 6. The molecule has 0 saturated heterocycles. The predicted octanol–water partition coefficient (Wildman–Crippen LogP) is 3.78. The molecule has 1 aliphatic carbocycles. The fraction of sp³-hybridized carbons (Fsp3) is 0.400. The number of thioether (sulfide) groups is 1. The lowest BCUT2D eigenvalue weighted by Crippen LogP contribution is -2.08. The third-order valence-corrected chi connectivity index (χ3v) is 5.20. The minimum atomic E-state index is 0.414. The van der Waals surface area contributed by atoms with Gasteiger partial charge >= 0.3 is 0 Å². The van der Waals surface area contributed by atoms with Crippen LogP contribution in [0, 0.1) is 0 Å². The van der Waals surface area contributed by atoms with Gasteiger partial charge in [-0.25, -0.2) is 4.68 Å². The van der Waals surface area contributed by atoms with Crippen molar-refractivity contribution < 1.29 is 4.52 Å². The van der Waals surface area contributed by atoms with E-state index in [1.165, 1.54) is 24.6 Å². The van der Waals surface area contributed by atoms with Crippen LogP contribution in [0.4, 0.5) is 0 Å². The van der Waals surface area contributed by atoms with E-state index in [0.29, 0.717) is 28.5 Å². The van der Waals surface area contributed by atoms with Crippen LogP contribution in [0.2, 0.25) is 5.02 Å². The zero-order chi connectivity index (χ0) is 16.4. The van der Waals surface area contributed by atoms with Crippen LogP contribution in [0.3, 0.4) is 0 Å². The molecular formula is C15H15ClN6OS. The van der Waals surface area contributed by atoms with E-state index in [2.05, 4.69) is 25.7 Å². The van der Waals surface area contributed by atoms with Gasteiger partial charge in [0.15, 0.2) is 5.82 Å². The Kier molecular flexibility index (Phi) is 4.48. The maximum absolute atomic E-state index is 5.89. The van der Waals surface area contributed by atoms with Crippen LogP contribution in [0.15, 0.2) is 33.9 Å². The molecule has 1 aromatic carbocycles. The molecule has 0 radical (unpaired) electrons. The van der Waals surface area contributed by atoms with E-state index in [-0.39, 0.29) is 0 Å². The molecule has 0 amide bonds. The van der Waals surface area contributed by atoms with Gasteiger partial charge in [0, 0.05) is 10.6 Å². The van der Waals surface area contributed by atoms with Crippen LogP contribution in [-0.4, -0.2) is 30.3 Å². The molecular weight excluding hydrogens is 348 g/mol. The Balaban J connectivity index is 1.44. The van der Waals surface area contributed by atoms with Crippen LogP contribution in [-0.2, 0) is 5.75 Å². The minimum absolute atomic E-state index is 0.414. The Morgan fingerprint density at radius 1 is 1.21 bits per heavy atom. The lowest BCUT2D eigenvalue weighted by atomic mass is 10.2. The van der Waals surface area contributed by atoms with Gasteiger partial charge in [-0.15, -0.1) is 5.10 Å². The predicted molar refractivity (Wildman–Crippen MR) is 89.6 cm³/mol. The molecule has 1 fully saturated rings. The van der Waals surface area contributed by atoms with Gasteiger partial charge in [0.25, 0.3) is 5.89 Å². The average molecular weight is 363 g/mol. The number of rotatable bonds is 5. The van der Waals surface area contributed by atoms with E-state index in [4.69, 9.17) is 16.1 Å². The van der Waals surface area contributed by atoms with Crippen LogP contribution >= 0.6 is 23.4 Å². The molecule has 1 aliphatic rings. The van der Waals surface area contributed by atoms with Gasteiger partial charge in [-0.05, 0) is 47.5 Å². The first kappa shape index (κ1) is 15.6. The van der Waals surface area contributed by atoms with Gasteiger partial charge in [0.05, 0.1) is 11.8 Å². The third kappa shape index (κ3) is 3.29. The standard InChI is InChI=1S/C15H15ClN6OS/c16-11-7-5-10(6-8-11)14-17-13(19-23-14)9-24-15-18-20-21-22(15)12-3-1-2-4-12/h5-8,12H,1-4,9H2. The van der Waals surface area contributed by atoms with Crippen molar-refractivity contribution in [2.75, 3.05) is 0 Å². The molecule has 0 atom stereocenters. The summed E-state index contributed by atoms with van der Waals surface area (Å²) < 4.78 is 7.24. The lowest BCUT2D eigenvalue weighted by molar-refractivity contribution is 0.421. The van der Waals surface area contributed by atoms with Crippen molar-refractivity contribution in [1.29, 1.82) is 0 Å². The van der Waals surface area contributed by atoms with Crippen molar-refractivity contribution in [3.8, 4) is 11.5 Å². The summed E-state index contributed by atoms with van der Waals surface area (Å²) in [6, 6.07) is 7.72. The van der Waals surface area contributed by atoms with Crippen molar-refractivity contribution in [3.05, 3.63) is 35.1 Å². The summed E-state index contributed by atoms with van der Waals surface area (Å²) in [5.74, 6) is 1.66. The smallest absolute Gasteiger partial charge is 0.257 e. The number of tetrazole rings is 1. The highest BCUT2D eigenvalue weighted by Crippen LogP contribution is 2.32. The third-order valence-electron chi connectivity index (χ3n) is 4.02. The highest BCUT2D eigenvalue weighted by atomic mass is 35.5. The maximum Gasteiger partial charge on any atom is 0.257 e. The van der Waals surface area contributed by atoms with Crippen molar-refractivity contribution in [2.45, 2.75) is 42.6 Å². The van der Waals surface area contributed by atoms with Crippen LogP contribution < -0.4 is 0 Å². The first-order chi connectivity index (χ1) is 11.8. The molecule has 3 aromatic rings. The van der Waals surface area contributed by atoms with Gasteiger partial charge in [0.2, 0.25) is 5.16 Å². The van der Waals surface area contributed by atoms with E-state index in [0.717, 1.165) is 23.6 Å². The summed E-state index contributed by atoms with van der Waals surface area (Å²) in [5, 5.41) is 17.6. The molecule has 24 heavy (non-hydrogen) atoms. The first-order valence-corrected chi connectivity index (χ1v) is 9.15. The van der Waals surface area contributed by atoms with Crippen molar-refractivity contribution in [3.63, 3.8) is 0 Å². The number of hydrogen-bond acceptors (Lipinski definition) is 7. The molecule has 7 nitrogen and oxygen atoms in total. The number of benzene rings is 1. The van der Waals surface area contributed by atoms with E-state index < -0.39 is 0 Å². The lowest BCUT2D eigenvalue weighted by Gasteiger charge is -2.09.